The maximum absolute atomic E-state index is 11.0. The Kier molecular flexibility index (Phi) is 6.95. The first-order chi connectivity index (χ1) is 15.5. The predicted molar refractivity (Wildman–Crippen MR) is 130 cm³/mol. The van der Waals surface area contributed by atoms with Crippen molar-refractivity contribution in [3.8, 4) is 0 Å². The van der Waals surface area contributed by atoms with Gasteiger partial charge in [-0.25, -0.2) is 0 Å². The van der Waals surface area contributed by atoms with Crippen LogP contribution in [0, 0.1) is 11.3 Å². The van der Waals surface area contributed by atoms with Crippen molar-refractivity contribution in [3.63, 3.8) is 0 Å². The number of benzene rings is 2. The van der Waals surface area contributed by atoms with E-state index < -0.39 is 5.97 Å². The topological polar surface area (TPSA) is 57.5 Å². The number of carbonyl (C=O) groups is 1. The number of aliphatic hydroxyl groups is 1. The van der Waals surface area contributed by atoms with Crippen LogP contribution in [0.1, 0.15) is 68.9 Å². The van der Waals surface area contributed by atoms with Gasteiger partial charge in [-0.1, -0.05) is 85.7 Å². The van der Waals surface area contributed by atoms with Crippen LogP contribution in [-0.2, 0) is 4.79 Å². The van der Waals surface area contributed by atoms with Crippen molar-refractivity contribution in [2.24, 2.45) is 11.3 Å². The summed E-state index contributed by atoms with van der Waals surface area (Å²) < 4.78 is 0. The lowest BCUT2D eigenvalue weighted by Gasteiger charge is -2.37. The largest absolute Gasteiger partial charge is 0.481 e. The van der Waals surface area contributed by atoms with Gasteiger partial charge in [0.05, 0.1) is 6.10 Å². The number of hydrogen-bond donors (Lipinski definition) is 2. The van der Waals surface area contributed by atoms with Crippen molar-refractivity contribution >= 4 is 17.1 Å². The second-order valence-electron chi connectivity index (χ2n) is 9.39. The maximum atomic E-state index is 11.0. The monoisotopic (exact) mass is 430 g/mol. The van der Waals surface area contributed by atoms with E-state index in [1.165, 1.54) is 16.7 Å². The van der Waals surface area contributed by atoms with E-state index in [0.29, 0.717) is 0 Å². The smallest absolute Gasteiger partial charge is 0.303 e. The van der Waals surface area contributed by atoms with Crippen molar-refractivity contribution in [3.05, 3.63) is 83.9 Å². The minimum absolute atomic E-state index is 0.174. The van der Waals surface area contributed by atoms with E-state index in [0.717, 1.165) is 62.5 Å². The molecule has 2 N–H and O–H groups in total. The zero-order valence-corrected chi connectivity index (χ0v) is 18.8. The molecule has 2 aliphatic carbocycles. The van der Waals surface area contributed by atoms with Crippen LogP contribution in [0.15, 0.2) is 72.8 Å². The van der Waals surface area contributed by atoms with E-state index in [1.807, 2.05) is 6.07 Å². The molecule has 0 radical (unpaired) electrons. The van der Waals surface area contributed by atoms with Gasteiger partial charge in [-0.15, -0.1) is 0 Å². The summed E-state index contributed by atoms with van der Waals surface area (Å²) in [6.45, 7) is 4.62. The van der Waals surface area contributed by atoms with Gasteiger partial charge < -0.3 is 10.2 Å². The molecule has 168 valence electrons. The fourth-order valence-electron chi connectivity index (χ4n) is 6.08. The number of allylic oxidation sites excluding steroid dienone is 3. The first kappa shape index (κ1) is 22.5. The third-order valence-corrected chi connectivity index (χ3v) is 7.54. The molecule has 1 fully saturated rings. The lowest BCUT2D eigenvalue weighted by atomic mass is 9.66. The molecular weight excluding hydrogens is 396 g/mol. The number of carboxylic acids is 1. The molecule has 0 amide bonds. The fraction of sp³-hybridized carbons (Fsp3) is 0.414. The number of aliphatic hydroxyl groups excluding tert-OH is 1. The minimum atomic E-state index is -0.710. The Morgan fingerprint density at radius 1 is 0.969 bits per heavy atom. The highest BCUT2D eigenvalue weighted by Crippen LogP contribution is 2.66. The van der Waals surface area contributed by atoms with E-state index in [9.17, 15) is 9.90 Å². The lowest BCUT2D eigenvalue weighted by molar-refractivity contribution is -0.137. The molecule has 3 atom stereocenters. The fourth-order valence-corrected chi connectivity index (χ4v) is 6.08. The molecule has 0 saturated heterocycles. The van der Waals surface area contributed by atoms with Crippen LogP contribution in [0.25, 0.3) is 11.1 Å². The average molecular weight is 431 g/mol. The molecule has 0 aromatic heterocycles. The molecule has 3 nitrogen and oxygen atoms in total. The number of carboxylic acid groups (broad SMARTS) is 1. The van der Waals surface area contributed by atoms with Crippen LogP contribution in [0.2, 0.25) is 0 Å². The minimum Gasteiger partial charge on any atom is -0.481 e. The summed E-state index contributed by atoms with van der Waals surface area (Å²) in [6.07, 6.45) is 7.42. The standard InChI is InChI=1S/C29H34O3/c1-21(22-12-7-4-8-13-22)29-19-18-26(30)25(29)20-24(16-6-2-3-11-17-27(31)32)28(29)23-14-9-5-10-15-23/h4-5,7-10,12-15,25-26,30H,1-3,6,11,16-20H2,(H,31,32)/t25-,26+,29-/m0/s1. The Morgan fingerprint density at radius 3 is 2.31 bits per heavy atom. The summed E-state index contributed by atoms with van der Waals surface area (Å²) in [7, 11) is 0. The normalized spacial score (nSPS) is 24.5. The Bertz CT molecular complexity index is 976. The van der Waals surface area contributed by atoms with Crippen molar-refractivity contribution in [2.45, 2.75) is 63.9 Å². The van der Waals surface area contributed by atoms with Gasteiger partial charge >= 0.3 is 5.97 Å². The molecule has 0 unspecified atom stereocenters. The first-order valence-corrected chi connectivity index (χ1v) is 12.0. The van der Waals surface area contributed by atoms with Gasteiger partial charge in [0.2, 0.25) is 0 Å². The number of aliphatic carboxylic acids is 1. The summed E-state index contributed by atoms with van der Waals surface area (Å²) in [5.41, 5.74) is 6.17. The summed E-state index contributed by atoms with van der Waals surface area (Å²) in [6, 6.07) is 21.1. The molecule has 2 aromatic rings. The van der Waals surface area contributed by atoms with Gasteiger partial charge in [0, 0.05) is 17.8 Å². The quantitative estimate of drug-likeness (QED) is 0.410. The average Bonchev–Trinajstić information content (AvgIpc) is 3.31. The van der Waals surface area contributed by atoms with E-state index >= 15 is 0 Å². The van der Waals surface area contributed by atoms with Gasteiger partial charge in [-0.05, 0) is 60.8 Å². The molecular formula is C29H34O3. The molecule has 32 heavy (non-hydrogen) atoms. The maximum Gasteiger partial charge on any atom is 0.303 e. The first-order valence-electron chi connectivity index (χ1n) is 12.0. The predicted octanol–water partition coefficient (Wildman–Crippen LogP) is 6.74. The zero-order valence-electron chi connectivity index (χ0n) is 18.8. The van der Waals surface area contributed by atoms with Gasteiger partial charge in [0.15, 0.2) is 0 Å². The Labute approximate surface area is 191 Å². The summed E-state index contributed by atoms with van der Waals surface area (Å²) >= 11 is 0. The highest BCUT2D eigenvalue weighted by atomic mass is 16.4. The van der Waals surface area contributed by atoms with E-state index in [4.69, 9.17) is 5.11 Å². The molecule has 2 aliphatic rings. The number of fused-ring (bicyclic) bond motifs is 1. The second kappa shape index (κ2) is 9.87. The zero-order chi connectivity index (χ0) is 22.6. The van der Waals surface area contributed by atoms with Crippen LogP contribution in [0.3, 0.4) is 0 Å². The van der Waals surface area contributed by atoms with E-state index in [-0.39, 0.29) is 23.9 Å². The van der Waals surface area contributed by atoms with Gasteiger partial charge in [-0.3, -0.25) is 4.79 Å². The van der Waals surface area contributed by atoms with Gasteiger partial charge in [0.1, 0.15) is 0 Å². The van der Waals surface area contributed by atoms with Crippen molar-refractivity contribution in [2.75, 3.05) is 0 Å². The number of unbranched alkanes of at least 4 members (excludes halogenated alkanes) is 3. The van der Waals surface area contributed by atoms with Crippen LogP contribution >= 0.6 is 0 Å². The molecule has 1 saturated carbocycles. The summed E-state index contributed by atoms with van der Waals surface area (Å²) in [5, 5.41) is 19.9. The van der Waals surface area contributed by atoms with Crippen LogP contribution < -0.4 is 0 Å². The molecule has 0 aliphatic heterocycles. The van der Waals surface area contributed by atoms with Crippen LogP contribution in [0.5, 0.6) is 0 Å². The van der Waals surface area contributed by atoms with Crippen LogP contribution in [-0.4, -0.2) is 22.3 Å². The second-order valence-corrected chi connectivity index (χ2v) is 9.39. The molecule has 4 rings (SSSR count). The molecule has 2 aromatic carbocycles. The lowest BCUT2D eigenvalue weighted by Crippen LogP contribution is -2.29. The third-order valence-electron chi connectivity index (χ3n) is 7.54. The van der Waals surface area contributed by atoms with Crippen molar-refractivity contribution < 1.29 is 15.0 Å². The highest BCUT2D eigenvalue weighted by molar-refractivity contribution is 5.90. The molecule has 0 bridgehead atoms. The molecule has 0 spiro atoms. The highest BCUT2D eigenvalue weighted by Gasteiger charge is 2.56. The number of hydrogen-bond acceptors (Lipinski definition) is 2. The van der Waals surface area contributed by atoms with E-state index in [2.05, 4.69) is 61.2 Å². The third kappa shape index (κ3) is 4.31. The van der Waals surface area contributed by atoms with Gasteiger partial charge in [0.25, 0.3) is 0 Å². The molecule has 3 heteroatoms. The van der Waals surface area contributed by atoms with Crippen LogP contribution in [0.4, 0.5) is 0 Å². The van der Waals surface area contributed by atoms with E-state index in [1.54, 1.807) is 0 Å². The Balaban J connectivity index is 1.66. The summed E-state index contributed by atoms with van der Waals surface area (Å²) in [4.78, 5) is 10.8. The number of rotatable bonds is 10. The van der Waals surface area contributed by atoms with Crippen molar-refractivity contribution in [1.29, 1.82) is 0 Å². The summed E-state index contributed by atoms with van der Waals surface area (Å²) in [5.74, 6) is -0.537. The molecule has 0 heterocycles. The Morgan fingerprint density at radius 2 is 1.62 bits per heavy atom. The SMILES string of the molecule is C=C(c1ccccc1)[C@@]12CC[C@@H](O)[C@@H]1CC(CCCCCCC(=O)O)=C2c1ccccc1. The Hall–Kier alpha value is -2.65. The van der Waals surface area contributed by atoms with Gasteiger partial charge in [-0.2, -0.15) is 0 Å². The van der Waals surface area contributed by atoms with Crippen molar-refractivity contribution in [1.82, 2.24) is 0 Å².